The molecule has 4 nitrogen and oxygen atoms in total. The standard InChI is InChI=1S/C16H19N3O/c20-16(18-9-12-19-10-3-4-11-19)14-7-8-17-15-6-2-1-5-13(14)15/h1-6,10-11,14,17H,7-9,12H2,(H,18,20). The highest BCUT2D eigenvalue weighted by Gasteiger charge is 2.25. The van der Waals surface area contributed by atoms with E-state index >= 15 is 0 Å². The molecule has 0 aliphatic carbocycles. The SMILES string of the molecule is O=C(NCCn1cccc1)C1CCNc2ccccc21. The third-order valence-corrected chi connectivity index (χ3v) is 3.74. The maximum absolute atomic E-state index is 12.3. The van der Waals surface area contributed by atoms with E-state index in [2.05, 4.69) is 15.2 Å². The first kappa shape index (κ1) is 12.8. The highest BCUT2D eigenvalue weighted by Crippen LogP contribution is 2.31. The quantitative estimate of drug-likeness (QED) is 0.894. The van der Waals surface area contributed by atoms with E-state index in [4.69, 9.17) is 0 Å². The molecule has 1 aliphatic rings. The second-order valence-electron chi connectivity index (χ2n) is 5.07. The number of aromatic nitrogens is 1. The molecule has 2 aromatic rings. The van der Waals surface area contributed by atoms with Gasteiger partial charge in [-0.3, -0.25) is 4.79 Å². The molecule has 1 unspecified atom stereocenters. The Morgan fingerprint density at radius 3 is 2.90 bits per heavy atom. The molecule has 0 saturated heterocycles. The third kappa shape index (κ3) is 2.69. The van der Waals surface area contributed by atoms with E-state index in [9.17, 15) is 4.79 Å². The summed E-state index contributed by atoms with van der Waals surface area (Å²) in [5.41, 5.74) is 2.20. The zero-order valence-corrected chi connectivity index (χ0v) is 11.4. The van der Waals surface area contributed by atoms with Gasteiger partial charge in [0, 0.05) is 37.7 Å². The minimum atomic E-state index is -0.0305. The first-order chi connectivity index (χ1) is 9.84. The highest BCUT2D eigenvalue weighted by atomic mass is 16.1. The van der Waals surface area contributed by atoms with Crippen LogP contribution >= 0.6 is 0 Å². The van der Waals surface area contributed by atoms with Gasteiger partial charge in [0.05, 0.1) is 5.92 Å². The summed E-state index contributed by atoms with van der Waals surface area (Å²) in [5.74, 6) is 0.100. The fraction of sp³-hybridized carbons (Fsp3) is 0.312. The summed E-state index contributed by atoms with van der Waals surface area (Å²) in [6.45, 7) is 2.33. The number of carbonyl (C=O) groups is 1. The summed E-state index contributed by atoms with van der Waals surface area (Å²) in [5, 5.41) is 6.39. The van der Waals surface area contributed by atoms with Crippen LogP contribution in [0.5, 0.6) is 0 Å². The molecular formula is C16H19N3O. The Balaban J connectivity index is 1.60. The van der Waals surface area contributed by atoms with Crippen molar-refractivity contribution < 1.29 is 4.79 Å². The fourth-order valence-electron chi connectivity index (χ4n) is 2.69. The van der Waals surface area contributed by atoms with E-state index < -0.39 is 0 Å². The minimum Gasteiger partial charge on any atom is -0.385 e. The monoisotopic (exact) mass is 269 g/mol. The first-order valence-electron chi connectivity index (χ1n) is 7.06. The van der Waals surface area contributed by atoms with Gasteiger partial charge in [-0.25, -0.2) is 0 Å². The molecule has 1 amide bonds. The van der Waals surface area contributed by atoms with Crippen LogP contribution in [0.1, 0.15) is 17.9 Å². The lowest BCUT2D eigenvalue weighted by Crippen LogP contribution is -2.34. The van der Waals surface area contributed by atoms with Crippen LogP contribution < -0.4 is 10.6 Å². The van der Waals surface area contributed by atoms with Crippen molar-refractivity contribution >= 4 is 11.6 Å². The van der Waals surface area contributed by atoms with Gasteiger partial charge >= 0.3 is 0 Å². The Hall–Kier alpha value is -2.23. The number of rotatable bonds is 4. The predicted molar refractivity (Wildman–Crippen MR) is 79.7 cm³/mol. The lowest BCUT2D eigenvalue weighted by Gasteiger charge is -2.25. The number of hydrogen-bond donors (Lipinski definition) is 2. The van der Waals surface area contributed by atoms with E-state index in [0.717, 1.165) is 30.8 Å². The van der Waals surface area contributed by atoms with Crippen LogP contribution in [0.25, 0.3) is 0 Å². The van der Waals surface area contributed by atoms with Gasteiger partial charge in [-0.1, -0.05) is 18.2 Å². The molecular weight excluding hydrogens is 250 g/mol. The van der Waals surface area contributed by atoms with Crippen molar-refractivity contribution in [2.24, 2.45) is 0 Å². The summed E-state index contributed by atoms with van der Waals surface area (Å²) in [6, 6.07) is 12.0. The number of anilines is 1. The molecule has 0 saturated carbocycles. The maximum atomic E-state index is 12.3. The van der Waals surface area contributed by atoms with Crippen LogP contribution in [0.4, 0.5) is 5.69 Å². The smallest absolute Gasteiger partial charge is 0.227 e. The largest absolute Gasteiger partial charge is 0.385 e. The second kappa shape index (κ2) is 5.82. The van der Waals surface area contributed by atoms with Gasteiger partial charge in [-0.2, -0.15) is 0 Å². The Kier molecular flexibility index (Phi) is 3.72. The number of carbonyl (C=O) groups excluding carboxylic acids is 1. The van der Waals surface area contributed by atoms with Crippen LogP contribution in [-0.4, -0.2) is 23.6 Å². The van der Waals surface area contributed by atoms with Crippen LogP contribution in [0.2, 0.25) is 0 Å². The van der Waals surface area contributed by atoms with Gasteiger partial charge in [-0.15, -0.1) is 0 Å². The van der Waals surface area contributed by atoms with Gasteiger partial charge < -0.3 is 15.2 Å². The molecule has 2 N–H and O–H groups in total. The van der Waals surface area contributed by atoms with Crippen LogP contribution in [0.3, 0.4) is 0 Å². The number of amides is 1. The number of nitrogens with one attached hydrogen (secondary N) is 2. The van der Waals surface area contributed by atoms with E-state index in [-0.39, 0.29) is 11.8 Å². The molecule has 104 valence electrons. The third-order valence-electron chi connectivity index (χ3n) is 3.74. The van der Waals surface area contributed by atoms with Crippen molar-refractivity contribution in [3.63, 3.8) is 0 Å². The van der Waals surface area contributed by atoms with E-state index in [1.807, 2.05) is 48.8 Å². The average Bonchev–Trinajstić information content (AvgIpc) is 3.00. The summed E-state index contributed by atoms with van der Waals surface area (Å²) >= 11 is 0. The molecule has 0 bridgehead atoms. The van der Waals surface area contributed by atoms with Crippen LogP contribution in [0, 0.1) is 0 Å². The lowest BCUT2D eigenvalue weighted by molar-refractivity contribution is -0.122. The number of benzene rings is 1. The highest BCUT2D eigenvalue weighted by molar-refractivity contribution is 5.86. The van der Waals surface area contributed by atoms with Crippen molar-refractivity contribution in [3.05, 3.63) is 54.4 Å². The summed E-state index contributed by atoms with van der Waals surface area (Å²) in [6.07, 6.45) is 4.87. The lowest BCUT2D eigenvalue weighted by atomic mass is 9.90. The van der Waals surface area contributed by atoms with E-state index in [1.165, 1.54) is 0 Å². The van der Waals surface area contributed by atoms with Crippen molar-refractivity contribution in [2.45, 2.75) is 18.9 Å². The van der Waals surface area contributed by atoms with Crippen molar-refractivity contribution in [1.29, 1.82) is 0 Å². The number of hydrogen-bond acceptors (Lipinski definition) is 2. The average molecular weight is 269 g/mol. The number of para-hydroxylation sites is 1. The Labute approximate surface area is 118 Å². The zero-order valence-electron chi connectivity index (χ0n) is 11.4. The summed E-state index contributed by atoms with van der Waals surface area (Å²) < 4.78 is 2.07. The van der Waals surface area contributed by atoms with Crippen LogP contribution in [-0.2, 0) is 11.3 Å². The summed E-state index contributed by atoms with van der Waals surface area (Å²) in [4.78, 5) is 12.3. The zero-order chi connectivity index (χ0) is 13.8. The van der Waals surface area contributed by atoms with Crippen molar-refractivity contribution in [1.82, 2.24) is 9.88 Å². The fourth-order valence-corrected chi connectivity index (χ4v) is 2.69. The van der Waals surface area contributed by atoms with E-state index in [0.29, 0.717) is 6.54 Å². The van der Waals surface area contributed by atoms with Crippen molar-refractivity contribution in [3.8, 4) is 0 Å². The first-order valence-corrected chi connectivity index (χ1v) is 7.06. The van der Waals surface area contributed by atoms with E-state index in [1.54, 1.807) is 0 Å². The van der Waals surface area contributed by atoms with Gasteiger partial charge in [0.2, 0.25) is 5.91 Å². The van der Waals surface area contributed by atoms with Gasteiger partial charge in [0.15, 0.2) is 0 Å². The number of nitrogens with zero attached hydrogens (tertiary/aromatic N) is 1. The van der Waals surface area contributed by atoms with Crippen molar-refractivity contribution in [2.75, 3.05) is 18.4 Å². The molecule has 1 aromatic heterocycles. The molecule has 0 radical (unpaired) electrons. The Morgan fingerprint density at radius 1 is 1.25 bits per heavy atom. The Bertz CT molecular complexity index is 577. The summed E-state index contributed by atoms with van der Waals surface area (Å²) in [7, 11) is 0. The molecule has 0 spiro atoms. The van der Waals surface area contributed by atoms with Gasteiger partial charge in [0.25, 0.3) is 0 Å². The van der Waals surface area contributed by atoms with Crippen LogP contribution in [0.15, 0.2) is 48.8 Å². The molecule has 1 aromatic carbocycles. The normalized spacial score (nSPS) is 17.1. The second-order valence-corrected chi connectivity index (χ2v) is 5.07. The maximum Gasteiger partial charge on any atom is 0.227 e. The van der Waals surface area contributed by atoms with Gasteiger partial charge in [0.1, 0.15) is 0 Å². The molecule has 2 heterocycles. The molecule has 1 aliphatic heterocycles. The Morgan fingerprint density at radius 2 is 2.05 bits per heavy atom. The number of fused-ring (bicyclic) bond motifs is 1. The predicted octanol–water partition coefficient (Wildman–Crippen LogP) is 2.20. The van der Waals surface area contributed by atoms with Gasteiger partial charge in [-0.05, 0) is 30.2 Å². The topological polar surface area (TPSA) is 46.1 Å². The molecule has 1 atom stereocenters. The minimum absolute atomic E-state index is 0.0305. The molecule has 20 heavy (non-hydrogen) atoms. The molecule has 0 fully saturated rings. The molecule has 3 rings (SSSR count). The molecule has 4 heteroatoms.